The zero-order valence-corrected chi connectivity index (χ0v) is 20.9. The third-order valence-corrected chi connectivity index (χ3v) is 5.24. The second-order valence-corrected chi connectivity index (χ2v) is 7.16. The molecule has 0 aliphatic carbocycles. The van der Waals surface area contributed by atoms with Crippen molar-refractivity contribution in [1.82, 2.24) is 10.6 Å². The molecule has 0 unspecified atom stereocenters. The largest absolute Gasteiger partial charge is 0.494 e. The van der Waals surface area contributed by atoms with Crippen molar-refractivity contribution in [1.29, 1.82) is 0 Å². The van der Waals surface area contributed by atoms with Crippen LogP contribution in [0, 0.1) is 0 Å². The van der Waals surface area contributed by atoms with Gasteiger partial charge in [0.1, 0.15) is 5.75 Å². The van der Waals surface area contributed by atoms with E-state index in [4.69, 9.17) is 18.9 Å². The van der Waals surface area contributed by atoms with Crippen molar-refractivity contribution in [2.45, 2.75) is 31.6 Å². The van der Waals surface area contributed by atoms with Crippen LogP contribution in [-0.4, -0.2) is 72.8 Å². The highest BCUT2D eigenvalue weighted by atomic mass is 127. The Balaban J connectivity index is 0.00000450. The van der Waals surface area contributed by atoms with Crippen molar-refractivity contribution in [3.63, 3.8) is 0 Å². The first-order valence-electron chi connectivity index (χ1n) is 10.6. The first kappa shape index (κ1) is 26.9. The number of hydrogen-bond donors (Lipinski definition) is 2. The van der Waals surface area contributed by atoms with E-state index in [-0.39, 0.29) is 29.4 Å². The van der Waals surface area contributed by atoms with Gasteiger partial charge in [0.15, 0.2) is 5.96 Å². The highest BCUT2D eigenvalue weighted by Gasteiger charge is 2.34. The number of ether oxygens (including phenoxy) is 4. The maximum atomic E-state index is 5.64. The minimum Gasteiger partial charge on any atom is -0.494 e. The first-order valence-corrected chi connectivity index (χ1v) is 10.6. The van der Waals surface area contributed by atoms with Gasteiger partial charge in [0, 0.05) is 52.5 Å². The molecule has 0 atom stereocenters. The van der Waals surface area contributed by atoms with Crippen molar-refractivity contribution in [3.05, 3.63) is 29.8 Å². The molecule has 7 nitrogen and oxygen atoms in total. The lowest BCUT2D eigenvalue weighted by atomic mass is 9.74. The lowest BCUT2D eigenvalue weighted by Gasteiger charge is -2.38. The summed E-state index contributed by atoms with van der Waals surface area (Å²) in [5.74, 6) is 1.73. The summed E-state index contributed by atoms with van der Waals surface area (Å²) < 4.78 is 21.7. The Labute approximate surface area is 198 Å². The molecular formula is C22H38IN3O4. The van der Waals surface area contributed by atoms with E-state index < -0.39 is 0 Å². The molecule has 1 fully saturated rings. The molecule has 172 valence electrons. The van der Waals surface area contributed by atoms with Gasteiger partial charge < -0.3 is 29.6 Å². The highest BCUT2D eigenvalue weighted by molar-refractivity contribution is 14.0. The van der Waals surface area contributed by atoms with Crippen LogP contribution in [0.1, 0.15) is 31.7 Å². The normalized spacial score (nSPS) is 15.9. The van der Waals surface area contributed by atoms with Crippen LogP contribution >= 0.6 is 24.0 Å². The third kappa shape index (κ3) is 8.95. The molecule has 0 aromatic heterocycles. The molecular weight excluding hydrogens is 497 g/mol. The molecule has 30 heavy (non-hydrogen) atoms. The molecule has 8 heteroatoms. The Morgan fingerprint density at radius 2 is 1.83 bits per heavy atom. The number of hydrogen-bond acceptors (Lipinski definition) is 5. The van der Waals surface area contributed by atoms with E-state index in [1.54, 1.807) is 14.2 Å². The standard InChI is InChI=1S/C22H37N3O4.HI/c1-4-29-20-8-6-19(7-9-20)22(10-14-28-15-11-22)18-25-21(23-2)24-12-5-13-27-17-16-26-3;/h6-9H,4-5,10-18H2,1-3H3,(H2,23,24,25);1H. The number of halogens is 1. The molecule has 0 amide bonds. The Hall–Kier alpha value is -1.10. The van der Waals surface area contributed by atoms with E-state index in [9.17, 15) is 0 Å². The Kier molecular flexibility index (Phi) is 14.1. The van der Waals surface area contributed by atoms with Gasteiger partial charge in [-0.05, 0) is 43.9 Å². The quantitative estimate of drug-likeness (QED) is 0.186. The maximum Gasteiger partial charge on any atom is 0.191 e. The van der Waals surface area contributed by atoms with Crippen LogP contribution < -0.4 is 15.4 Å². The predicted octanol–water partition coefficient (Wildman–Crippen LogP) is 2.97. The van der Waals surface area contributed by atoms with Crippen molar-refractivity contribution in [3.8, 4) is 5.75 Å². The molecule has 1 aromatic rings. The lowest BCUT2D eigenvalue weighted by Crippen LogP contribution is -2.48. The van der Waals surface area contributed by atoms with Gasteiger partial charge in [0.25, 0.3) is 0 Å². The molecule has 1 saturated heterocycles. The SMILES string of the molecule is CCOc1ccc(C2(CNC(=NC)NCCCOCCOC)CCOCC2)cc1.I. The first-order chi connectivity index (χ1) is 14.2. The number of aliphatic imine (C=N–C) groups is 1. The summed E-state index contributed by atoms with van der Waals surface area (Å²) in [5.41, 5.74) is 1.35. The third-order valence-electron chi connectivity index (χ3n) is 5.24. The zero-order chi connectivity index (χ0) is 20.8. The summed E-state index contributed by atoms with van der Waals surface area (Å²) in [7, 11) is 3.48. The Morgan fingerprint density at radius 3 is 2.47 bits per heavy atom. The molecule has 1 heterocycles. The fraction of sp³-hybridized carbons (Fsp3) is 0.682. The second kappa shape index (κ2) is 15.7. The van der Waals surface area contributed by atoms with Crippen molar-refractivity contribution >= 4 is 29.9 Å². The summed E-state index contributed by atoms with van der Waals surface area (Å²) in [6.45, 7) is 7.84. The van der Waals surface area contributed by atoms with E-state index in [1.165, 1.54) is 5.56 Å². The smallest absolute Gasteiger partial charge is 0.191 e. The summed E-state index contributed by atoms with van der Waals surface area (Å²) in [6.07, 6.45) is 2.89. The minimum atomic E-state index is 0. The molecule has 0 saturated carbocycles. The summed E-state index contributed by atoms with van der Waals surface area (Å²) >= 11 is 0. The van der Waals surface area contributed by atoms with Crippen LogP contribution in [0.25, 0.3) is 0 Å². The topological polar surface area (TPSA) is 73.3 Å². The number of guanidine groups is 1. The van der Waals surface area contributed by atoms with Crippen molar-refractivity contribution in [2.24, 2.45) is 4.99 Å². The molecule has 1 aliphatic rings. The van der Waals surface area contributed by atoms with Crippen LogP contribution in [0.15, 0.2) is 29.3 Å². The number of benzene rings is 1. The van der Waals surface area contributed by atoms with Gasteiger partial charge in [-0.25, -0.2) is 0 Å². The summed E-state index contributed by atoms with van der Waals surface area (Å²) in [5, 5.41) is 6.89. The second-order valence-electron chi connectivity index (χ2n) is 7.16. The molecule has 0 spiro atoms. The van der Waals surface area contributed by atoms with Gasteiger partial charge in [0.2, 0.25) is 0 Å². The average Bonchev–Trinajstić information content (AvgIpc) is 2.76. The number of rotatable bonds is 12. The van der Waals surface area contributed by atoms with E-state index in [0.717, 1.165) is 57.3 Å². The highest BCUT2D eigenvalue weighted by Crippen LogP contribution is 2.35. The Morgan fingerprint density at radius 1 is 1.10 bits per heavy atom. The van der Waals surface area contributed by atoms with E-state index >= 15 is 0 Å². The van der Waals surface area contributed by atoms with Gasteiger partial charge in [0.05, 0.1) is 19.8 Å². The fourth-order valence-corrected chi connectivity index (χ4v) is 3.50. The van der Waals surface area contributed by atoms with Crippen LogP contribution in [0.3, 0.4) is 0 Å². The van der Waals surface area contributed by atoms with Gasteiger partial charge in [-0.1, -0.05) is 12.1 Å². The van der Waals surface area contributed by atoms with Crippen LogP contribution in [-0.2, 0) is 19.6 Å². The molecule has 0 bridgehead atoms. The minimum absolute atomic E-state index is 0. The van der Waals surface area contributed by atoms with Gasteiger partial charge in [-0.2, -0.15) is 0 Å². The number of nitrogens with zero attached hydrogens (tertiary/aromatic N) is 1. The molecule has 2 rings (SSSR count). The van der Waals surface area contributed by atoms with Gasteiger partial charge >= 0.3 is 0 Å². The molecule has 1 aromatic carbocycles. The summed E-state index contributed by atoms with van der Waals surface area (Å²) in [4.78, 5) is 4.37. The fourth-order valence-electron chi connectivity index (χ4n) is 3.50. The van der Waals surface area contributed by atoms with E-state index in [1.807, 2.05) is 6.92 Å². The van der Waals surface area contributed by atoms with Crippen LogP contribution in [0.5, 0.6) is 5.75 Å². The number of methoxy groups -OCH3 is 1. The number of nitrogens with one attached hydrogen (secondary N) is 2. The molecule has 2 N–H and O–H groups in total. The van der Waals surface area contributed by atoms with Crippen molar-refractivity contribution in [2.75, 3.05) is 66.9 Å². The Bertz CT molecular complexity index is 593. The predicted molar refractivity (Wildman–Crippen MR) is 131 cm³/mol. The average molecular weight is 535 g/mol. The van der Waals surface area contributed by atoms with E-state index in [2.05, 4.69) is 39.9 Å². The molecule has 1 aliphatic heterocycles. The summed E-state index contributed by atoms with van der Waals surface area (Å²) in [6, 6.07) is 8.50. The van der Waals surface area contributed by atoms with Crippen LogP contribution in [0.4, 0.5) is 0 Å². The van der Waals surface area contributed by atoms with Crippen LogP contribution in [0.2, 0.25) is 0 Å². The van der Waals surface area contributed by atoms with E-state index in [0.29, 0.717) is 26.4 Å². The maximum absolute atomic E-state index is 5.64. The van der Waals surface area contributed by atoms with Crippen molar-refractivity contribution < 1.29 is 18.9 Å². The monoisotopic (exact) mass is 535 g/mol. The molecule has 0 radical (unpaired) electrons. The zero-order valence-electron chi connectivity index (χ0n) is 18.6. The van der Waals surface area contributed by atoms with Gasteiger partial charge in [-0.3, -0.25) is 4.99 Å². The van der Waals surface area contributed by atoms with Gasteiger partial charge in [-0.15, -0.1) is 24.0 Å². The lowest BCUT2D eigenvalue weighted by molar-refractivity contribution is 0.0513.